The third-order valence-corrected chi connectivity index (χ3v) is 5.92. The lowest BCUT2D eigenvalue weighted by Gasteiger charge is -2.37. The SMILES string of the molecule is CCC(C)N(CC1CN(Cc2cccc(F)c2)CCO1)C(=O)c1ccc2c(c1)OCO2. The molecule has 0 aromatic heterocycles. The van der Waals surface area contributed by atoms with Gasteiger partial charge in [-0.2, -0.15) is 0 Å². The second kappa shape index (κ2) is 9.66. The van der Waals surface area contributed by atoms with Gasteiger partial charge in [0, 0.05) is 37.8 Å². The Labute approximate surface area is 182 Å². The molecule has 0 aliphatic carbocycles. The Kier molecular flexibility index (Phi) is 6.73. The van der Waals surface area contributed by atoms with E-state index in [-0.39, 0.29) is 30.7 Å². The number of hydrogen-bond donors (Lipinski definition) is 0. The Morgan fingerprint density at radius 1 is 1.23 bits per heavy atom. The monoisotopic (exact) mass is 428 g/mol. The molecule has 1 fully saturated rings. The minimum absolute atomic E-state index is 0.0431. The summed E-state index contributed by atoms with van der Waals surface area (Å²) < 4.78 is 30.3. The number of hydrogen-bond acceptors (Lipinski definition) is 5. The van der Waals surface area contributed by atoms with Gasteiger partial charge in [0.25, 0.3) is 5.91 Å². The van der Waals surface area contributed by atoms with E-state index in [9.17, 15) is 9.18 Å². The number of carbonyl (C=O) groups is 1. The number of carbonyl (C=O) groups excluding carboxylic acids is 1. The number of ether oxygens (including phenoxy) is 3. The topological polar surface area (TPSA) is 51.2 Å². The van der Waals surface area contributed by atoms with Gasteiger partial charge in [0.1, 0.15) is 5.82 Å². The normalized spacial score (nSPS) is 19.3. The molecule has 0 N–H and O–H groups in total. The average Bonchev–Trinajstić information content (AvgIpc) is 3.25. The molecule has 1 saturated heterocycles. The minimum atomic E-state index is -0.223. The van der Waals surface area contributed by atoms with Gasteiger partial charge in [-0.3, -0.25) is 9.69 Å². The summed E-state index contributed by atoms with van der Waals surface area (Å²) >= 11 is 0. The second-order valence-corrected chi connectivity index (χ2v) is 8.14. The summed E-state index contributed by atoms with van der Waals surface area (Å²) in [6, 6.07) is 12.1. The largest absolute Gasteiger partial charge is 0.454 e. The molecule has 0 radical (unpaired) electrons. The molecule has 6 nitrogen and oxygen atoms in total. The first-order chi connectivity index (χ1) is 15.0. The molecule has 2 aliphatic heterocycles. The van der Waals surface area contributed by atoms with Gasteiger partial charge < -0.3 is 19.1 Å². The first-order valence-electron chi connectivity index (χ1n) is 10.8. The van der Waals surface area contributed by atoms with Crippen molar-refractivity contribution < 1.29 is 23.4 Å². The molecular formula is C24H29FN2O4. The molecule has 0 saturated carbocycles. The molecule has 2 atom stereocenters. The van der Waals surface area contributed by atoms with Gasteiger partial charge in [-0.25, -0.2) is 4.39 Å². The fraction of sp³-hybridized carbons (Fsp3) is 0.458. The molecule has 166 valence electrons. The minimum Gasteiger partial charge on any atom is -0.454 e. The molecular weight excluding hydrogens is 399 g/mol. The summed E-state index contributed by atoms with van der Waals surface area (Å²) in [6.45, 7) is 7.54. The number of fused-ring (bicyclic) bond motifs is 1. The Bertz CT molecular complexity index is 922. The van der Waals surface area contributed by atoms with Gasteiger partial charge in [0.2, 0.25) is 6.79 Å². The summed E-state index contributed by atoms with van der Waals surface area (Å²) in [4.78, 5) is 17.5. The Balaban J connectivity index is 1.44. The van der Waals surface area contributed by atoms with E-state index in [1.165, 1.54) is 6.07 Å². The van der Waals surface area contributed by atoms with Crippen LogP contribution in [0, 0.1) is 5.82 Å². The quantitative estimate of drug-likeness (QED) is 0.673. The van der Waals surface area contributed by atoms with Crippen molar-refractivity contribution in [2.45, 2.75) is 39.0 Å². The molecule has 2 aromatic carbocycles. The number of nitrogens with zero attached hydrogens (tertiary/aromatic N) is 2. The number of amides is 1. The van der Waals surface area contributed by atoms with Crippen molar-refractivity contribution >= 4 is 5.91 Å². The zero-order chi connectivity index (χ0) is 21.8. The number of benzene rings is 2. The van der Waals surface area contributed by atoms with Crippen LogP contribution >= 0.6 is 0 Å². The third-order valence-electron chi connectivity index (χ3n) is 5.92. The predicted molar refractivity (Wildman–Crippen MR) is 115 cm³/mol. The van der Waals surface area contributed by atoms with Gasteiger partial charge in [-0.1, -0.05) is 19.1 Å². The zero-order valence-corrected chi connectivity index (χ0v) is 18.1. The average molecular weight is 429 g/mol. The van der Waals surface area contributed by atoms with Crippen LogP contribution in [0.5, 0.6) is 11.5 Å². The molecule has 0 spiro atoms. The van der Waals surface area contributed by atoms with Gasteiger partial charge in [0.15, 0.2) is 11.5 Å². The highest BCUT2D eigenvalue weighted by Gasteiger charge is 2.29. The van der Waals surface area contributed by atoms with E-state index in [0.29, 0.717) is 43.3 Å². The van der Waals surface area contributed by atoms with Gasteiger partial charge in [-0.05, 0) is 49.2 Å². The van der Waals surface area contributed by atoms with Crippen molar-refractivity contribution in [2.75, 3.05) is 33.0 Å². The number of rotatable bonds is 7. The Morgan fingerprint density at radius 2 is 2.06 bits per heavy atom. The molecule has 2 unspecified atom stereocenters. The van der Waals surface area contributed by atoms with E-state index >= 15 is 0 Å². The second-order valence-electron chi connectivity index (χ2n) is 8.14. The Hall–Kier alpha value is -2.64. The molecule has 2 aromatic rings. The summed E-state index contributed by atoms with van der Waals surface area (Å²) in [5.74, 6) is 0.999. The van der Waals surface area contributed by atoms with Crippen LogP contribution in [0.25, 0.3) is 0 Å². The predicted octanol–water partition coefficient (Wildman–Crippen LogP) is 3.70. The van der Waals surface area contributed by atoms with Crippen LogP contribution in [-0.2, 0) is 11.3 Å². The van der Waals surface area contributed by atoms with Crippen molar-refractivity contribution in [3.63, 3.8) is 0 Å². The molecule has 0 bridgehead atoms. The van der Waals surface area contributed by atoms with Crippen molar-refractivity contribution in [1.82, 2.24) is 9.80 Å². The van der Waals surface area contributed by atoms with Crippen molar-refractivity contribution in [3.8, 4) is 11.5 Å². The lowest BCUT2D eigenvalue weighted by Crippen LogP contribution is -2.50. The molecule has 1 amide bonds. The molecule has 4 rings (SSSR count). The van der Waals surface area contributed by atoms with E-state index in [1.807, 2.05) is 11.0 Å². The zero-order valence-electron chi connectivity index (χ0n) is 18.1. The third kappa shape index (κ3) is 5.17. The van der Waals surface area contributed by atoms with Crippen molar-refractivity contribution in [2.24, 2.45) is 0 Å². The van der Waals surface area contributed by atoms with Gasteiger partial charge >= 0.3 is 0 Å². The van der Waals surface area contributed by atoms with Crippen LogP contribution in [0.4, 0.5) is 4.39 Å². The van der Waals surface area contributed by atoms with Crippen LogP contribution in [0.3, 0.4) is 0 Å². The van der Waals surface area contributed by atoms with Crippen molar-refractivity contribution in [3.05, 3.63) is 59.4 Å². The van der Waals surface area contributed by atoms with E-state index < -0.39 is 0 Å². The standard InChI is InChI=1S/C24H29FN2O4/c1-3-17(2)27(24(28)19-7-8-22-23(12-19)31-16-30-22)15-21-14-26(9-10-29-21)13-18-5-4-6-20(25)11-18/h4-8,11-12,17,21H,3,9-10,13-16H2,1-2H3. The Morgan fingerprint density at radius 3 is 2.87 bits per heavy atom. The lowest BCUT2D eigenvalue weighted by atomic mass is 10.1. The fourth-order valence-electron chi connectivity index (χ4n) is 4.03. The lowest BCUT2D eigenvalue weighted by molar-refractivity contribution is -0.0465. The summed E-state index contributed by atoms with van der Waals surface area (Å²) in [6.07, 6.45) is 0.741. The van der Waals surface area contributed by atoms with Crippen molar-refractivity contribution in [1.29, 1.82) is 0 Å². The van der Waals surface area contributed by atoms with Crippen LogP contribution in [0.2, 0.25) is 0 Å². The summed E-state index contributed by atoms with van der Waals surface area (Å²) in [7, 11) is 0. The maximum absolute atomic E-state index is 13.5. The first kappa shape index (κ1) is 21.6. The van der Waals surface area contributed by atoms with E-state index in [0.717, 1.165) is 18.5 Å². The highest BCUT2D eigenvalue weighted by Crippen LogP contribution is 2.33. The van der Waals surface area contributed by atoms with Gasteiger partial charge in [-0.15, -0.1) is 0 Å². The highest BCUT2D eigenvalue weighted by molar-refractivity contribution is 5.95. The van der Waals surface area contributed by atoms with Crippen LogP contribution in [-0.4, -0.2) is 60.9 Å². The first-order valence-corrected chi connectivity index (χ1v) is 10.8. The smallest absolute Gasteiger partial charge is 0.254 e. The van der Waals surface area contributed by atoms with Crippen LogP contribution < -0.4 is 9.47 Å². The van der Waals surface area contributed by atoms with E-state index in [4.69, 9.17) is 14.2 Å². The maximum atomic E-state index is 13.5. The molecule has 2 aliphatic rings. The van der Waals surface area contributed by atoms with Gasteiger partial charge in [0.05, 0.1) is 12.7 Å². The highest BCUT2D eigenvalue weighted by atomic mass is 19.1. The number of halogens is 1. The molecule has 31 heavy (non-hydrogen) atoms. The fourth-order valence-corrected chi connectivity index (χ4v) is 4.03. The summed E-state index contributed by atoms with van der Waals surface area (Å²) in [5.41, 5.74) is 1.52. The maximum Gasteiger partial charge on any atom is 0.254 e. The van der Waals surface area contributed by atoms with Crippen LogP contribution in [0.15, 0.2) is 42.5 Å². The van der Waals surface area contributed by atoms with Crippen LogP contribution in [0.1, 0.15) is 36.2 Å². The molecule has 7 heteroatoms. The van der Waals surface area contributed by atoms with E-state index in [1.54, 1.807) is 30.3 Å². The molecule has 2 heterocycles. The summed E-state index contributed by atoms with van der Waals surface area (Å²) in [5, 5.41) is 0. The van der Waals surface area contributed by atoms with E-state index in [2.05, 4.69) is 18.7 Å². The number of morpholine rings is 1.